The molecule has 1 heterocycles. The largest absolute Gasteiger partial charge is 0.375 e. The van der Waals surface area contributed by atoms with Crippen molar-refractivity contribution in [2.75, 3.05) is 5.73 Å². The van der Waals surface area contributed by atoms with Gasteiger partial charge in [0.25, 0.3) is 11.8 Å². The Balaban J connectivity index is 1.38. The van der Waals surface area contributed by atoms with Gasteiger partial charge in [0.1, 0.15) is 5.69 Å². The lowest BCUT2D eigenvalue weighted by molar-refractivity contribution is 0.0899. The van der Waals surface area contributed by atoms with Gasteiger partial charge in [-0.25, -0.2) is 4.98 Å². The van der Waals surface area contributed by atoms with Crippen molar-refractivity contribution < 1.29 is 14.4 Å². The number of hydrogen-bond acceptors (Lipinski definition) is 6. The molecule has 1 saturated carbocycles. The molecule has 1 aromatic heterocycles. The number of anilines is 1. The molecule has 8 heteroatoms. The van der Waals surface area contributed by atoms with E-state index in [1.165, 1.54) is 11.3 Å². The molecule has 4 N–H and O–H groups in total. The third-order valence-electron chi connectivity index (χ3n) is 5.42. The molecular weight excluding hydrogens is 376 g/mol. The van der Waals surface area contributed by atoms with Crippen LogP contribution >= 0.6 is 11.3 Å². The van der Waals surface area contributed by atoms with Gasteiger partial charge in [0, 0.05) is 35.0 Å². The molecule has 1 aromatic carbocycles. The Bertz CT molecular complexity index is 939. The van der Waals surface area contributed by atoms with E-state index in [4.69, 9.17) is 5.73 Å². The highest BCUT2D eigenvalue weighted by Gasteiger charge is 2.28. The van der Waals surface area contributed by atoms with Crippen molar-refractivity contribution in [2.45, 2.75) is 50.6 Å². The SMILES string of the molecule is Nc1nc(C(=O)N[C@@H]2CCC[C@@H](NC(=O)c3cccc4c3CCC4=O)C2)cs1. The average Bonchev–Trinajstić information content (AvgIpc) is 3.28. The summed E-state index contributed by atoms with van der Waals surface area (Å²) < 4.78 is 0. The molecule has 0 radical (unpaired) electrons. The van der Waals surface area contributed by atoms with Crippen LogP contribution in [0.25, 0.3) is 0 Å². The van der Waals surface area contributed by atoms with E-state index in [9.17, 15) is 14.4 Å². The summed E-state index contributed by atoms with van der Waals surface area (Å²) >= 11 is 1.24. The predicted molar refractivity (Wildman–Crippen MR) is 107 cm³/mol. The van der Waals surface area contributed by atoms with E-state index in [0.717, 1.165) is 24.8 Å². The smallest absolute Gasteiger partial charge is 0.271 e. The number of nitrogens with one attached hydrogen (secondary N) is 2. The van der Waals surface area contributed by atoms with E-state index in [2.05, 4.69) is 15.6 Å². The number of Topliss-reactive ketones (excluding diaryl/α,β-unsaturated/α-hetero) is 1. The van der Waals surface area contributed by atoms with Gasteiger partial charge in [0.15, 0.2) is 10.9 Å². The molecule has 1 fully saturated rings. The summed E-state index contributed by atoms with van der Waals surface area (Å²) in [4.78, 5) is 41.0. The Morgan fingerprint density at radius 2 is 1.86 bits per heavy atom. The van der Waals surface area contributed by atoms with Crippen LogP contribution in [-0.2, 0) is 6.42 Å². The molecule has 2 aliphatic carbocycles. The van der Waals surface area contributed by atoms with E-state index < -0.39 is 0 Å². The highest BCUT2D eigenvalue weighted by atomic mass is 32.1. The fourth-order valence-corrected chi connectivity index (χ4v) is 4.61. The number of aromatic nitrogens is 1. The zero-order valence-electron chi connectivity index (χ0n) is 15.4. The zero-order chi connectivity index (χ0) is 19.7. The molecule has 0 spiro atoms. The Morgan fingerprint density at radius 3 is 2.57 bits per heavy atom. The molecule has 4 rings (SSSR count). The van der Waals surface area contributed by atoms with Gasteiger partial charge in [-0.1, -0.05) is 12.1 Å². The van der Waals surface area contributed by atoms with Crippen LogP contribution in [0.5, 0.6) is 0 Å². The van der Waals surface area contributed by atoms with Crippen molar-refractivity contribution in [3.63, 3.8) is 0 Å². The third kappa shape index (κ3) is 3.77. The fraction of sp³-hybridized carbons (Fsp3) is 0.400. The Morgan fingerprint density at radius 1 is 1.11 bits per heavy atom. The number of fused-ring (bicyclic) bond motifs is 1. The van der Waals surface area contributed by atoms with Crippen LogP contribution in [0, 0.1) is 0 Å². The van der Waals surface area contributed by atoms with Crippen LogP contribution in [0.1, 0.15) is 68.9 Å². The summed E-state index contributed by atoms with van der Waals surface area (Å²) in [7, 11) is 0. The number of carbonyl (C=O) groups excluding carboxylic acids is 3. The second-order valence-electron chi connectivity index (χ2n) is 7.33. The van der Waals surface area contributed by atoms with Crippen LogP contribution in [0.3, 0.4) is 0 Å². The van der Waals surface area contributed by atoms with Gasteiger partial charge in [-0.15, -0.1) is 11.3 Å². The maximum Gasteiger partial charge on any atom is 0.271 e. The minimum atomic E-state index is -0.232. The normalized spacial score (nSPS) is 21.2. The number of ketones is 1. The Labute approximate surface area is 166 Å². The van der Waals surface area contributed by atoms with E-state index in [1.54, 1.807) is 23.6 Å². The maximum absolute atomic E-state index is 12.8. The summed E-state index contributed by atoms with van der Waals surface area (Å²) in [6.07, 6.45) is 4.42. The number of thiazole rings is 1. The third-order valence-corrected chi connectivity index (χ3v) is 6.10. The number of rotatable bonds is 4. The van der Waals surface area contributed by atoms with Crippen LogP contribution < -0.4 is 16.4 Å². The first-order valence-corrected chi connectivity index (χ1v) is 10.4. The second-order valence-corrected chi connectivity index (χ2v) is 8.22. The molecular formula is C20H22N4O3S. The van der Waals surface area contributed by atoms with E-state index in [0.29, 0.717) is 41.2 Å². The molecule has 0 saturated heterocycles. The van der Waals surface area contributed by atoms with E-state index >= 15 is 0 Å². The lowest BCUT2D eigenvalue weighted by Crippen LogP contribution is -2.46. The van der Waals surface area contributed by atoms with Crippen molar-refractivity contribution in [3.8, 4) is 0 Å². The van der Waals surface area contributed by atoms with E-state index in [-0.39, 0.29) is 29.7 Å². The lowest BCUT2D eigenvalue weighted by Gasteiger charge is -2.30. The van der Waals surface area contributed by atoms with Crippen molar-refractivity contribution in [1.82, 2.24) is 15.6 Å². The standard InChI is InChI=1S/C20H22N4O3S/c21-20-24-16(10-28-20)19(27)23-12-4-1-3-11(9-12)22-18(26)15-6-2-5-14-13(15)7-8-17(14)25/h2,5-6,10-12H,1,3-4,7-9H2,(H2,21,24)(H,22,26)(H,23,27)/t11-,12-/m1/s1. The van der Waals surface area contributed by atoms with Gasteiger partial charge in [-0.2, -0.15) is 0 Å². The number of carbonyl (C=O) groups is 3. The molecule has 146 valence electrons. The highest BCUT2D eigenvalue weighted by molar-refractivity contribution is 7.13. The molecule has 0 bridgehead atoms. The van der Waals surface area contributed by atoms with E-state index in [1.807, 2.05) is 0 Å². The van der Waals surface area contributed by atoms with Gasteiger partial charge in [0.2, 0.25) is 0 Å². The first kappa shape index (κ1) is 18.6. The van der Waals surface area contributed by atoms with Crippen molar-refractivity contribution >= 4 is 34.1 Å². The van der Waals surface area contributed by atoms with Gasteiger partial charge in [-0.3, -0.25) is 14.4 Å². The van der Waals surface area contributed by atoms with Crippen molar-refractivity contribution in [1.29, 1.82) is 0 Å². The van der Waals surface area contributed by atoms with Gasteiger partial charge >= 0.3 is 0 Å². The summed E-state index contributed by atoms with van der Waals surface area (Å²) in [5, 5.41) is 8.10. The van der Waals surface area contributed by atoms with Crippen LogP contribution in [0.15, 0.2) is 23.6 Å². The molecule has 0 unspecified atom stereocenters. The lowest BCUT2D eigenvalue weighted by atomic mass is 9.90. The van der Waals surface area contributed by atoms with Crippen LogP contribution in [-0.4, -0.2) is 34.7 Å². The predicted octanol–water partition coefficient (Wildman–Crippen LogP) is 2.33. The van der Waals surface area contributed by atoms with Crippen molar-refractivity contribution in [3.05, 3.63) is 46.0 Å². The molecule has 2 aromatic rings. The number of hydrogen-bond donors (Lipinski definition) is 3. The number of nitrogen functional groups attached to an aromatic ring is 1. The van der Waals surface area contributed by atoms with Gasteiger partial charge in [0.05, 0.1) is 0 Å². The molecule has 2 amide bonds. The maximum atomic E-state index is 12.8. The zero-order valence-corrected chi connectivity index (χ0v) is 16.2. The Hall–Kier alpha value is -2.74. The first-order chi connectivity index (χ1) is 13.5. The number of nitrogens with zero attached hydrogens (tertiary/aromatic N) is 1. The Kier molecular flexibility index (Phi) is 5.13. The summed E-state index contributed by atoms with van der Waals surface area (Å²) in [6.45, 7) is 0. The number of benzene rings is 1. The first-order valence-electron chi connectivity index (χ1n) is 9.49. The molecule has 7 nitrogen and oxygen atoms in total. The topological polar surface area (TPSA) is 114 Å². The van der Waals surface area contributed by atoms with Gasteiger partial charge < -0.3 is 16.4 Å². The summed E-state index contributed by atoms with van der Waals surface area (Å²) in [6, 6.07) is 5.30. The highest BCUT2D eigenvalue weighted by Crippen LogP contribution is 2.26. The summed E-state index contributed by atoms with van der Waals surface area (Å²) in [5.41, 5.74) is 8.03. The fourth-order valence-electron chi connectivity index (χ4n) is 4.07. The summed E-state index contributed by atoms with van der Waals surface area (Å²) in [5.74, 6) is -0.270. The number of nitrogens with two attached hydrogens (primary N) is 1. The van der Waals surface area contributed by atoms with Crippen molar-refractivity contribution in [2.24, 2.45) is 0 Å². The average molecular weight is 398 g/mol. The number of amides is 2. The molecule has 0 aliphatic heterocycles. The monoisotopic (exact) mass is 398 g/mol. The minimum Gasteiger partial charge on any atom is -0.375 e. The minimum absolute atomic E-state index is 0.0139. The van der Waals surface area contributed by atoms with Gasteiger partial charge in [-0.05, 0) is 43.7 Å². The van der Waals surface area contributed by atoms with Crippen LogP contribution in [0.2, 0.25) is 0 Å². The quantitative estimate of drug-likeness (QED) is 0.731. The molecule has 28 heavy (non-hydrogen) atoms. The molecule has 2 atom stereocenters. The van der Waals surface area contributed by atoms with Crippen LogP contribution in [0.4, 0.5) is 5.13 Å². The molecule has 2 aliphatic rings. The second kappa shape index (κ2) is 7.71.